The summed E-state index contributed by atoms with van der Waals surface area (Å²) < 4.78 is 0. The number of ketones is 2. The Morgan fingerprint density at radius 3 is 1.00 bits per heavy atom. The van der Waals surface area contributed by atoms with Gasteiger partial charge in [0.1, 0.15) is 0 Å². The summed E-state index contributed by atoms with van der Waals surface area (Å²) in [4.78, 5) is 20.0. The van der Waals surface area contributed by atoms with Crippen LogP contribution in [0.15, 0.2) is 23.7 Å². The molecule has 6 heteroatoms. The number of hydrogen-bond donors (Lipinski definition) is 0. The fourth-order valence-corrected chi connectivity index (χ4v) is 0.572. The molecule has 0 rings (SSSR count). The van der Waals surface area contributed by atoms with Gasteiger partial charge in [0.05, 0.1) is 0 Å². The second-order valence-corrected chi connectivity index (χ2v) is 2.73. The first kappa shape index (κ1) is 24.4. The molecule has 2 N–H and O–H groups in total. The van der Waals surface area contributed by atoms with Crippen molar-refractivity contribution in [3.05, 3.63) is 23.7 Å². The molecule has 0 aliphatic heterocycles. The normalized spacial score (nSPS) is 10.0. The molecule has 0 saturated carbocycles. The van der Waals surface area contributed by atoms with Crippen LogP contribution < -0.4 is 10.2 Å². The van der Waals surface area contributed by atoms with E-state index < -0.39 is 0 Å². The van der Waals surface area contributed by atoms with Crippen molar-refractivity contribution >= 4 is 11.6 Å². The third-order valence-corrected chi connectivity index (χ3v) is 0.813. The molecule has 0 amide bonds. The summed E-state index contributed by atoms with van der Waals surface area (Å²) in [6.07, 6.45) is 2.11. The van der Waals surface area contributed by atoms with Crippen molar-refractivity contribution in [2.45, 2.75) is 27.7 Å². The third kappa shape index (κ3) is 38.1. The van der Waals surface area contributed by atoms with Crippen LogP contribution >= 0.6 is 0 Å². The zero-order valence-corrected chi connectivity index (χ0v) is 11.3. The van der Waals surface area contributed by atoms with Crippen molar-refractivity contribution in [2.75, 3.05) is 0 Å². The molecule has 0 aromatic carbocycles. The van der Waals surface area contributed by atoms with Crippen molar-refractivity contribution in [1.29, 1.82) is 0 Å². The van der Waals surface area contributed by atoms with Crippen molar-refractivity contribution in [2.24, 2.45) is 0 Å². The Hall–Kier alpha value is -0.906. The summed E-state index contributed by atoms with van der Waals surface area (Å²) in [5.74, 6) is -0.750. The molecule has 0 bridgehead atoms. The van der Waals surface area contributed by atoms with Gasteiger partial charge in [0.25, 0.3) is 0 Å². The maximum atomic E-state index is 9.98. The zero-order chi connectivity index (χ0) is 11.7. The minimum atomic E-state index is -0.187. The van der Waals surface area contributed by atoms with Crippen LogP contribution in [0.5, 0.6) is 0 Å². The Bertz CT molecular complexity index is 232. The van der Waals surface area contributed by atoms with Crippen molar-refractivity contribution < 1.29 is 47.0 Å². The van der Waals surface area contributed by atoms with E-state index >= 15 is 0 Å². The Balaban J connectivity index is -0.0000000800. The maximum absolute atomic E-state index is 9.98. The second-order valence-electron chi connectivity index (χ2n) is 2.73. The fraction of sp³-hybridized carbons (Fsp3) is 0.400. The molecule has 0 aliphatic carbocycles. The molecule has 0 spiro atoms. The molecule has 0 aromatic rings. The number of carbonyl (C=O) groups is 2. The first-order valence-electron chi connectivity index (χ1n) is 3.97. The van der Waals surface area contributed by atoms with Gasteiger partial charge in [-0.05, 0) is 26.0 Å². The standard InChI is InChI=1S/2C5H8O2.H2O.Ti/c2*1-4(6)3-5(2)7;;/h2*3,6H,1-2H3;1H2;/q;;;+2/p-2/b2*4-3+;;. The van der Waals surface area contributed by atoms with Gasteiger partial charge in [-0.15, -0.1) is 11.5 Å². The maximum Gasteiger partial charge on any atom is 2.00 e. The number of rotatable bonds is 2. The van der Waals surface area contributed by atoms with E-state index in [1.165, 1.54) is 27.7 Å². The van der Waals surface area contributed by atoms with E-state index in [0.717, 1.165) is 12.2 Å². The molecule has 0 fully saturated rings. The Morgan fingerprint density at radius 2 is 1.00 bits per heavy atom. The van der Waals surface area contributed by atoms with Crippen LogP contribution in [0.2, 0.25) is 0 Å². The number of hydrogen-bond acceptors (Lipinski definition) is 4. The summed E-state index contributed by atoms with van der Waals surface area (Å²) in [5.41, 5.74) is 0. The van der Waals surface area contributed by atoms with Gasteiger partial charge in [0.2, 0.25) is 0 Å². The topological polar surface area (TPSA) is 112 Å². The molecule has 0 radical (unpaired) electrons. The van der Waals surface area contributed by atoms with Gasteiger partial charge in [0, 0.05) is 0 Å². The quantitative estimate of drug-likeness (QED) is 0.356. The molecule has 0 aromatic heterocycles. The van der Waals surface area contributed by atoms with E-state index in [1.54, 1.807) is 0 Å². The van der Waals surface area contributed by atoms with Crippen molar-refractivity contribution in [1.82, 2.24) is 0 Å². The molecule has 5 nitrogen and oxygen atoms in total. The van der Waals surface area contributed by atoms with E-state index in [9.17, 15) is 19.8 Å². The summed E-state index contributed by atoms with van der Waals surface area (Å²) in [5, 5.41) is 20.0. The monoisotopic (exact) mass is 264 g/mol. The van der Waals surface area contributed by atoms with Crippen molar-refractivity contribution in [3.63, 3.8) is 0 Å². The van der Waals surface area contributed by atoms with Crippen LogP contribution in [-0.4, -0.2) is 17.0 Å². The molecule has 0 unspecified atom stereocenters. The Kier molecular flexibility index (Phi) is 21.5. The molecule has 0 heterocycles. The SMILES string of the molecule is CC(=O)/C=C(\C)[O-].CC(=O)/C=C(\C)[O-].O.[Ti+2]. The average Bonchev–Trinajstić information content (AvgIpc) is 1.79. The Labute approximate surface area is 110 Å². The predicted octanol–water partition coefficient (Wildman–Crippen LogP) is -1.15. The molecular weight excluding hydrogens is 248 g/mol. The first-order chi connectivity index (χ1) is 6.25. The van der Waals surface area contributed by atoms with Gasteiger partial charge in [-0.1, -0.05) is 13.8 Å². The van der Waals surface area contributed by atoms with E-state index in [4.69, 9.17) is 0 Å². The van der Waals surface area contributed by atoms with Gasteiger partial charge in [-0.3, -0.25) is 9.59 Å². The van der Waals surface area contributed by atoms with Gasteiger partial charge >= 0.3 is 21.7 Å². The second kappa shape index (κ2) is 14.1. The molecule has 0 saturated heterocycles. The fourth-order valence-electron chi connectivity index (χ4n) is 0.572. The van der Waals surface area contributed by atoms with Crippen LogP contribution in [0.3, 0.4) is 0 Å². The number of allylic oxidation sites excluding steroid dienone is 4. The average molecular weight is 264 g/mol. The molecular formula is C10H16O5Ti. The summed E-state index contributed by atoms with van der Waals surface area (Å²) in [6.45, 7) is 5.39. The minimum absolute atomic E-state index is 0. The summed E-state index contributed by atoms with van der Waals surface area (Å²) >= 11 is 0. The molecule has 0 atom stereocenters. The first-order valence-corrected chi connectivity index (χ1v) is 3.97. The van der Waals surface area contributed by atoms with Gasteiger partial charge in [-0.25, -0.2) is 0 Å². The number of carbonyl (C=O) groups excluding carboxylic acids is 2. The minimum Gasteiger partial charge on any atom is -0.876 e. The van der Waals surface area contributed by atoms with Crippen LogP contribution in [0.25, 0.3) is 0 Å². The van der Waals surface area contributed by atoms with Crippen LogP contribution in [0.1, 0.15) is 27.7 Å². The van der Waals surface area contributed by atoms with Gasteiger partial charge in [-0.2, -0.15) is 0 Å². The van der Waals surface area contributed by atoms with Crippen molar-refractivity contribution in [3.8, 4) is 0 Å². The van der Waals surface area contributed by atoms with Gasteiger partial charge in [0.15, 0.2) is 11.6 Å². The van der Waals surface area contributed by atoms with Gasteiger partial charge < -0.3 is 15.7 Å². The molecule has 0 aliphatic rings. The largest absolute Gasteiger partial charge is 2.00 e. The van der Waals surface area contributed by atoms with E-state index in [1.807, 2.05) is 0 Å². The smallest absolute Gasteiger partial charge is 0.876 e. The Morgan fingerprint density at radius 1 is 0.812 bits per heavy atom. The van der Waals surface area contributed by atoms with E-state index in [0.29, 0.717) is 0 Å². The van der Waals surface area contributed by atoms with E-state index in [2.05, 4.69) is 0 Å². The summed E-state index contributed by atoms with van der Waals surface area (Å²) in [6, 6.07) is 0. The van der Waals surface area contributed by atoms with Crippen LogP contribution in [0, 0.1) is 0 Å². The molecule has 16 heavy (non-hydrogen) atoms. The third-order valence-electron chi connectivity index (χ3n) is 0.813. The van der Waals surface area contributed by atoms with Crippen LogP contribution in [0.4, 0.5) is 0 Å². The van der Waals surface area contributed by atoms with Crippen LogP contribution in [-0.2, 0) is 31.3 Å². The predicted molar refractivity (Wildman–Crippen MR) is 52.5 cm³/mol. The zero-order valence-electron chi connectivity index (χ0n) is 9.79. The summed E-state index contributed by atoms with van der Waals surface area (Å²) in [7, 11) is 0. The van der Waals surface area contributed by atoms with E-state index in [-0.39, 0.29) is 50.3 Å². The molecule has 90 valence electrons.